The van der Waals surface area contributed by atoms with Gasteiger partial charge in [0.1, 0.15) is 5.82 Å². The molecule has 5 heteroatoms. The summed E-state index contributed by atoms with van der Waals surface area (Å²) in [5.41, 5.74) is 8.34. The summed E-state index contributed by atoms with van der Waals surface area (Å²) in [6, 6.07) is 6.33. The fourth-order valence-electron chi connectivity index (χ4n) is 2.08. The van der Waals surface area contributed by atoms with Crippen LogP contribution in [0.25, 0.3) is 0 Å². The SMILES string of the molecule is CCCNC(c1ccc(Br)s1)c1c(C)ccnc1N. The molecule has 0 saturated heterocycles. The van der Waals surface area contributed by atoms with Crippen molar-refractivity contribution in [3.63, 3.8) is 0 Å². The van der Waals surface area contributed by atoms with Crippen molar-refractivity contribution in [1.29, 1.82) is 0 Å². The topological polar surface area (TPSA) is 50.9 Å². The van der Waals surface area contributed by atoms with Gasteiger partial charge < -0.3 is 11.1 Å². The molecule has 0 bridgehead atoms. The number of thiophene rings is 1. The van der Waals surface area contributed by atoms with E-state index in [-0.39, 0.29) is 6.04 Å². The molecule has 3 nitrogen and oxygen atoms in total. The summed E-state index contributed by atoms with van der Waals surface area (Å²) in [4.78, 5) is 5.48. The number of anilines is 1. The van der Waals surface area contributed by atoms with E-state index in [1.807, 2.05) is 6.07 Å². The number of nitrogens with one attached hydrogen (secondary N) is 1. The third kappa shape index (κ3) is 3.35. The lowest BCUT2D eigenvalue weighted by atomic mass is 10.0. The molecule has 0 radical (unpaired) electrons. The second-order valence-corrected chi connectivity index (χ2v) is 6.95. The number of nitrogens with two attached hydrogens (primary N) is 1. The van der Waals surface area contributed by atoms with Crippen molar-refractivity contribution in [3.8, 4) is 0 Å². The lowest BCUT2D eigenvalue weighted by molar-refractivity contribution is 0.603. The summed E-state index contributed by atoms with van der Waals surface area (Å²) in [6.07, 6.45) is 2.84. The van der Waals surface area contributed by atoms with E-state index >= 15 is 0 Å². The monoisotopic (exact) mass is 339 g/mol. The Balaban J connectivity index is 2.42. The molecule has 0 spiro atoms. The van der Waals surface area contributed by atoms with Crippen LogP contribution in [-0.4, -0.2) is 11.5 Å². The Labute approximate surface area is 126 Å². The van der Waals surface area contributed by atoms with Crippen molar-refractivity contribution in [2.45, 2.75) is 26.3 Å². The first-order valence-electron chi connectivity index (χ1n) is 6.33. The maximum absolute atomic E-state index is 6.08. The molecular weight excluding hydrogens is 322 g/mol. The Morgan fingerprint density at radius 1 is 1.42 bits per heavy atom. The summed E-state index contributed by atoms with van der Waals surface area (Å²) in [5.74, 6) is 0.609. The zero-order chi connectivity index (χ0) is 13.8. The van der Waals surface area contributed by atoms with Crippen LogP contribution in [0.4, 0.5) is 5.82 Å². The predicted octanol–water partition coefficient (Wildman–Crippen LogP) is 3.89. The smallest absolute Gasteiger partial charge is 0.128 e. The predicted molar refractivity (Wildman–Crippen MR) is 85.5 cm³/mol. The molecule has 0 aromatic carbocycles. The molecule has 0 fully saturated rings. The van der Waals surface area contributed by atoms with E-state index in [2.05, 4.69) is 52.2 Å². The average molecular weight is 340 g/mol. The van der Waals surface area contributed by atoms with Crippen molar-refractivity contribution in [1.82, 2.24) is 10.3 Å². The highest BCUT2D eigenvalue weighted by Crippen LogP contribution is 2.34. The number of nitrogen functional groups attached to an aromatic ring is 1. The number of aromatic nitrogens is 1. The first kappa shape index (κ1) is 14.5. The van der Waals surface area contributed by atoms with Gasteiger partial charge >= 0.3 is 0 Å². The number of nitrogens with zero attached hydrogens (tertiary/aromatic N) is 1. The third-order valence-corrected chi connectivity index (χ3v) is 4.69. The lowest BCUT2D eigenvalue weighted by Crippen LogP contribution is -2.24. The fraction of sp³-hybridized carbons (Fsp3) is 0.357. The average Bonchev–Trinajstić information content (AvgIpc) is 2.79. The summed E-state index contributed by atoms with van der Waals surface area (Å²) < 4.78 is 1.13. The Kier molecular flexibility index (Phi) is 4.96. The standard InChI is InChI=1S/C14H18BrN3S/c1-3-7-17-13(10-4-5-11(15)19-10)12-9(2)6-8-18-14(12)16/h4-6,8,13,17H,3,7H2,1-2H3,(H2,16,18). The molecule has 2 aromatic heterocycles. The van der Waals surface area contributed by atoms with Crippen LogP contribution in [0.5, 0.6) is 0 Å². The molecule has 1 unspecified atom stereocenters. The van der Waals surface area contributed by atoms with E-state index in [0.717, 1.165) is 22.3 Å². The second kappa shape index (κ2) is 6.50. The minimum Gasteiger partial charge on any atom is -0.383 e. The largest absolute Gasteiger partial charge is 0.383 e. The zero-order valence-corrected chi connectivity index (χ0v) is 13.5. The van der Waals surface area contributed by atoms with Crippen molar-refractivity contribution < 1.29 is 0 Å². The van der Waals surface area contributed by atoms with E-state index in [4.69, 9.17) is 5.73 Å². The highest BCUT2D eigenvalue weighted by atomic mass is 79.9. The maximum Gasteiger partial charge on any atom is 0.128 e. The Morgan fingerprint density at radius 3 is 2.79 bits per heavy atom. The van der Waals surface area contributed by atoms with Crippen LogP contribution in [-0.2, 0) is 0 Å². The summed E-state index contributed by atoms with van der Waals surface area (Å²) >= 11 is 5.25. The minimum absolute atomic E-state index is 0.116. The van der Waals surface area contributed by atoms with Crippen LogP contribution in [0.2, 0.25) is 0 Å². The molecule has 0 amide bonds. The molecular formula is C14H18BrN3S. The van der Waals surface area contributed by atoms with Gasteiger partial charge in [-0.3, -0.25) is 0 Å². The van der Waals surface area contributed by atoms with Gasteiger partial charge in [0.05, 0.1) is 9.83 Å². The molecule has 19 heavy (non-hydrogen) atoms. The van der Waals surface area contributed by atoms with Gasteiger partial charge in [-0.1, -0.05) is 6.92 Å². The van der Waals surface area contributed by atoms with Crippen LogP contribution < -0.4 is 11.1 Å². The normalized spacial score (nSPS) is 12.6. The van der Waals surface area contributed by atoms with Gasteiger partial charge in [0.2, 0.25) is 0 Å². The molecule has 0 aliphatic heterocycles. The summed E-state index contributed by atoms with van der Waals surface area (Å²) in [5, 5.41) is 3.57. The molecule has 2 rings (SSSR count). The number of aryl methyl sites for hydroxylation is 1. The molecule has 0 aliphatic carbocycles. The number of rotatable bonds is 5. The quantitative estimate of drug-likeness (QED) is 0.868. The molecule has 2 heterocycles. The lowest BCUT2D eigenvalue weighted by Gasteiger charge is -2.20. The Hall–Kier alpha value is -0.910. The number of hydrogen-bond acceptors (Lipinski definition) is 4. The Bertz CT molecular complexity index is 533. The van der Waals surface area contributed by atoms with Crippen LogP contribution in [0, 0.1) is 6.92 Å². The van der Waals surface area contributed by atoms with Crippen LogP contribution in [0.1, 0.15) is 35.4 Å². The molecule has 1 atom stereocenters. The number of halogens is 1. The van der Waals surface area contributed by atoms with Crippen LogP contribution in [0.3, 0.4) is 0 Å². The minimum atomic E-state index is 0.116. The molecule has 3 N–H and O–H groups in total. The molecule has 0 aliphatic rings. The Morgan fingerprint density at radius 2 is 2.21 bits per heavy atom. The summed E-state index contributed by atoms with van der Waals surface area (Å²) in [6.45, 7) is 5.19. The first-order valence-corrected chi connectivity index (χ1v) is 7.94. The van der Waals surface area contributed by atoms with Gasteiger partial charge in [-0.05, 0) is 59.6 Å². The number of pyridine rings is 1. The van der Waals surface area contributed by atoms with Gasteiger partial charge in [0.15, 0.2) is 0 Å². The highest BCUT2D eigenvalue weighted by molar-refractivity contribution is 9.11. The first-order chi connectivity index (χ1) is 9.13. The van der Waals surface area contributed by atoms with Crippen LogP contribution in [0.15, 0.2) is 28.2 Å². The van der Waals surface area contributed by atoms with E-state index in [1.54, 1.807) is 17.5 Å². The van der Waals surface area contributed by atoms with Gasteiger partial charge in [-0.25, -0.2) is 4.98 Å². The fourth-order valence-corrected chi connectivity index (χ4v) is 3.59. The molecule has 0 saturated carbocycles. The van der Waals surface area contributed by atoms with Crippen molar-refractivity contribution in [2.24, 2.45) is 0 Å². The van der Waals surface area contributed by atoms with E-state index in [9.17, 15) is 0 Å². The van der Waals surface area contributed by atoms with E-state index < -0.39 is 0 Å². The van der Waals surface area contributed by atoms with Crippen molar-refractivity contribution in [2.75, 3.05) is 12.3 Å². The van der Waals surface area contributed by atoms with Gasteiger partial charge in [-0.15, -0.1) is 11.3 Å². The van der Waals surface area contributed by atoms with E-state index in [1.165, 1.54) is 10.4 Å². The maximum atomic E-state index is 6.08. The molecule has 102 valence electrons. The van der Waals surface area contributed by atoms with Gasteiger partial charge in [0.25, 0.3) is 0 Å². The van der Waals surface area contributed by atoms with Gasteiger partial charge in [-0.2, -0.15) is 0 Å². The zero-order valence-electron chi connectivity index (χ0n) is 11.1. The van der Waals surface area contributed by atoms with Crippen molar-refractivity contribution in [3.05, 3.63) is 44.2 Å². The van der Waals surface area contributed by atoms with Gasteiger partial charge in [0, 0.05) is 16.6 Å². The highest BCUT2D eigenvalue weighted by Gasteiger charge is 2.20. The molecule has 2 aromatic rings. The second-order valence-electron chi connectivity index (χ2n) is 4.46. The summed E-state index contributed by atoms with van der Waals surface area (Å²) in [7, 11) is 0. The van der Waals surface area contributed by atoms with Crippen molar-refractivity contribution >= 4 is 33.1 Å². The van der Waals surface area contributed by atoms with E-state index in [0.29, 0.717) is 5.82 Å². The third-order valence-electron chi connectivity index (χ3n) is 3.00. The number of hydrogen-bond donors (Lipinski definition) is 2. The van der Waals surface area contributed by atoms with Crippen LogP contribution >= 0.6 is 27.3 Å².